The number of benzene rings is 3. The maximum absolute atomic E-state index is 13.6. The van der Waals surface area contributed by atoms with Crippen molar-refractivity contribution >= 4 is 22.7 Å². The fourth-order valence-corrected chi connectivity index (χ4v) is 5.20. The van der Waals surface area contributed by atoms with E-state index < -0.39 is 0 Å². The second-order valence-electron chi connectivity index (χ2n) is 9.80. The van der Waals surface area contributed by atoms with E-state index in [0.29, 0.717) is 25.2 Å². The minimum atomic E-state index is -0.181. The van der Waals surface area contributed by atoms with Gasteiger partial charge in [-0.1, -0.05) is 42.5 Å². The number of rotatable bonds is 7. The van der Waals surface area contributed by atoms with Gasteiger partial charge in [-0.2, -0.15) is 5.10 Å². The normalized spacial score (nSPS) is 15.6. The molecule has 1 aliphatic heterocycles. The molecule has 196 valence electrons. The lowest BCUT2D eigenvalue weighted by Gasteiger charge is -2.41. The van der Waals surface area contributed by atoms with Crippen LogP contribution in [0.1, 0.15) is 21.6 Å². The summed E-state index contributed by atoms with van der Waals surface area (Å²) in [5.74, 6) is 0.481. The first kappa shape index (κ1) is 24.5. The zero-order valence-electron chi connectivity index (χ0n) is 21.7. The molecule has 0 bridgehead atoms. The number of nitrogens with zero attached hydrogens (tertiary/aromatic N) is 4. The lowest BCUT2D eigenvalue weighted by Crippen LogP contribution is -2.58. The molecule has 0 saturated carbocycles. The third-order valence-electron chi connectivity index (χ3n) is 7.24. The zero-order valence-corrected chi connectivity index (χ0v) is 21.7. The number of aromatic nitrogens is 3. The zero-order chi connectivity index (χ0) is 26.8. The van der Waals surface area contributed by atoms with E-state index in [4.69, 9.17) is 4.74 Å². The van der Waals surface area contributed by atoms with Crippen LogP contribution in [0.15, 0.2) is 97.3 Å². The van der Waals surface area contributed by atoms with Gasteiger partial charge in [0.1, 0.15) is 18.0 Å². The summed E-state index contributed by atoms with van der Waals surface area (Å²) in [7, 11) is 1.62. The first-order chi connectivity index (χ1) is 19.1. The van der Waals surface area contributed by atoms with Crippen molar-refractivity contribution in [3.8, 4) is 11.4 Å². The SMILES string of the molecule is COc1ccc2[nH]c(C(=O)N3CC(=O)N(Cc4ccc(-n5cccn5)cc4)[C@@H](Cc4ccccc4)C3)cc2c1. The van der Waals surface area contributed by atoms with Crippen molar-refractivity contribution in [1.29, 1.82) is 0 Å². The fraction of sp³-hybridized carbons (Fsp3) is 0.194. The van der Waals surface area contributed by atoms with E-state index >= 15 is 0 Å². The van der Waals surface area contributed by atoms with Crippen molar-refractivity contribution in [2.75, 3.05) is 20.2 Å². The summed E-state index contributed by atoms with van der Waals surface area (Å²) in [6.45, 7) is 0.960. The van der Waals surface area contributed by atoms with Gasteiger partial charge in [0.2, 0.25) is 5.91 Å². The molecule has 39 heavy (non-hydrogen) atoms. The number of hydrogen-bond acceptors (Lipinski definition) is 4. The van der Waals surface area contributed by atoms with Crippen molar-refractivity contribution in [1.82, 2.24) is 24.6 Å². The molecule has 1 atom stereocenters. The third kappa shape index (κ3) is 5.13. The summed E-state index contributed by atoms with van der Waals surface area (Å²) in [6.07, 6.45) is 4.30. The van der Waals surface area contributed by atoms with E-state index in [0.717, 1.165) is 33.5 Å². The van der Waals surface area contributed by atoms with Crippen LogP contribution in [0, 0.1) is 0 Å². The molecule has 6 rings (SSSR count). The predicted molar refractivity (Wildman–Crippen MR) is 149 cm³/mol. The van der Waals surface area contributed by atoms with Gasteiger partial charge < -0.3 is 19.5 Å². The molecular formula is C31H29N5O3. The maximum Gasteiger partial charge on any atom is 0.270 e. The Morgan fingerprint density at radius 3 is 2.56 bits per heavy atom. The van der Waals surface area contributed by atoms with E-state index in [2.05, 4.69) is 22.2 Å². The van der Waals surface area contributed by atoms with E-state index in [1.54, 1.807) is 22.9 Å². The van der Waals surface area contributed by atoms with Crippen LogP contribution < -0.4 is 4.74 Å². The quantitative estimate of drug-likeness (QED) is 0.344. The first-order valence-electron chi connectivity index (χ1n) is 13.0. The van der Waals surface area contributed by atoms with Crippen LogP contribution >= 0.6 is 0 Å². The van der Waals surface area contributed by atoms with Gasteiger partial charge in [0.05, 0.1) is 18.8 Å². The summed E-state index contributed by atoms with van der Waals surface area (Å²) in [6, 6.07) is 27.4. The van der Waals surface area contributed by atoms with Crippen LogP contribution in [0.4, 0.5) is 0 Å². The third-order valence-corrected chi connectivity index (χ3v) is 7.24. The minimum absolute atomic E-state index is 0.0359. The Morgan fingerprint density at radius 1 is 1.00 bits per heavy atom. The van der Waals surface area contributed by atoms with Gasteiger partial charge >= 0.3 is 0 Å². The molecule has 0 aliphatic carbocycles. The van der Waals surface area contributed by atoms with Gasteiger partial charge in [0.25, 0.3) is 5.91 Å². The number of methoxy groups -OCH3 is 1. The molecule has 0 radical (unpaired) electrons. The van der Waals surface area contributed by atoms with E-state index in [1.165, 1.54) is 0 Å². The lowest BCUT2D eigenvalue weighted by molar-refractivity contribution is -0.139. The Bertz CT molecular complexity index is 1590. The minimum Gasteiger partial charge on any atom is -0.497 e. The largest absolute Gasteiger partial charge is 0.497 e. The Morgan fingerprint density at radius 2 is 1.82 bits per heavy atom. The molecule has 1 fully saturated rings. The summed E-state index contributed by atoms with van der Waals surface area (Å²) < 4.78 is 7.12. The average molecular weight is 520 g/mol. The number of ether oxygens (including phenoxy) is 1. The molecule has 1 N–H and O–H groups in total. The topological polar surface area (TPSA) is 83.5 Å². The van der Waals surface area contributed by atoms with Gasteiger partial charge in [-0.25, -0.2) is 4.68 Å². The molecule has 8 nitrogen and oxygen atoms in total. The fourth-order valence-electron chi connectivity index (χ4n) is 5.20. The van der Waals surface area contributed by atoms with E-state index in [9.17, 15) is 9.59 Å². The highest BCUT2D eigenvalue weighted by atomic mass is 16.5. The number of carbonyl (C=O) groups excluding carboxylic acids is 2. The highest BCUT2D eigenvalue weighted by Gasteiger charge is 2.35. The Labute approximate surface area is 226 Å². The number of amides is 2. The maximum atomic E-state index is 13.6. The van der Waals surface area contributed by atoms with Crippen molar-refractivity contribution in [2.24, 2.45) is 0 Å². The van der Waals surface area contributed by atoms with Crippen molar-refractivity contribution in [3.63, 3.8) is 0 Å². The van der Waals surface area contributed by atoms with Crippen molar-refractivity contribution in [2.45, 2.75) is 19.0 Å². The summed E-state index contributed by atoms with van der Waals surface area (Å²) >= 11 is 0. The number of nitrogens with one attached hydrogen (secondary N) is 1. The number of carbonyl (C=O) groups is 2. The second-order valence-corrected chi connectivity index (χ2v) is 9.80. The van der Waals surface area contributed by atoms with E-state index in [1.807, 2.05) is 83.9 Å². The predicted octanol–water partition coefficient (Wildman–Crippen LogP) is 4.46. The molecule has 8 heteroatoms. The Kier molecular flexibility index (Phi) is 6.59. The van der Waals surface area contributed by atoms with Gasteiger partial charge in [-0.15, -0.1) is 0 Å². The highest BCUT2D eigenvalue weighted by Crippen LogP contribution is 2.25. The van der Waals surface area contributed by atoms with Crippen LogP contribution in [-0.4, -0.2) is 62.6 Å². The molecule has 0 unspecified atom stereocenters. The summed E-state index contributed by atoms with van der Waals surface area (Å²) in [4.78, 5) is 33.9. The number of H-pyrrole nitrogens is 1. The van der Waals surface area contributed by atoms with Gasteiger partial charge in [-0.3, -0.25) is 9.59 Å². The Hall–Kier alpha value is -4.85. The molecular weight excluding hydrogens is 490 g/mol. The van der Waals surface area contributed by atoms with Crippen LogP contribution in [0.3, 0.4) is 0 Å². The van der Waals surface area contributed by atoms with Crippen LogP contribution in [0.2, 0.25) is 0 Å². The molecule has 1 aliphatic rings. The standard InChI is InChI=1S/C31H29N5O3/c1-39-27-12-13-28-24(17-27)18-29(33-28)31(38)34-20-26(16-22-6-3-2-4-7-22)35(30(37)21-34)19-23-8-10-25(11-9-23)36-15-5-14-32-36/h2-15,17-18,26,33H,16,19-21H2,1H3/t26-/m0/s1. The molecule has 2 amide bonds. The Balaban J connectivity index is 1.24. The molecule has 5 aromatic rings. The van der Waals surface area contributed by atoms with Gasteiger partial charge in [-0.05, 0) is 60.0 Å². The molecule has 1 saturated heterocycles. The van der Waals surface area contributed by atoms with Crippen molar-refractivity contribution < 1.29 is 14.3 Å². The van der Waals surface area contributed by atoms with Crippen molar-refractivity contribution in [3.05, 3.63) is 114 Å². The monoisotopic (exact) mass is 519 g/mol. The lowest BCUT2D eigenvalue weighted by atomic mass is 10.0. The van der Waals surface area contributed by atoms with Crippen LogP contribution in [0.25, 0.3) is 16.6 Å². The average Bonchev–Trinajstić information content (AvgIpc) is 3.65. The van der Waals surface area contributed by atoms with E-state index in [-0.39, 0.29) is 24.4 Å². The highest BCUT2D eigenvalue weighted by molar-refractivity contribution is 6.00. The summed E-state index contributed by atoms with van der Waals surface area (Å²) in [5.41, 5.74) is 4.43. The number of piperazine rings is 1. The van der Waals surface area contributed by atoms with Crippen LogP contribution in [-0.2, 0) is 17.8 Å². The number of fused-ring (bicyclic) bond motifs is 1. The molecule has 0 spiro atoms. The smallest absolute Gasteiger partial charge is 0.270 e. The number of aromatic amines is 1. The molecule has 3 aromatic carbocycles. The second kappa shape index (κ2) is 10.5. The molecule has 2 aromatic heterocycles. The molecule has 3 heterocycles. The van der Waals surface area contributed by atoms with Gasteiger partial charge in [0.15, 0.2) is 0 Å². The summed E-state index contributed by atoms with van der Waals surface area (Å²) in [5, 5.41) is 5.17. The van der Waals surface area contributed by atoms with Gasteiger partial charge in [0, 0.05) is 36.4 Å². The van der Waals surface area contributed by atoms with Crippen LogP contribution in [0.5, 0.6) is 5.75 Å². The number of hydrogen-bond donors (Lipinski definition) is 1. The first-order valence-corrected chi connectivity index (χ1v) is 13.0.